The second-order valence-electron chi connectivity index (χ2n) is 7.36. The summed E-state index contributed by atoms with van der Waals surface area (Å²) in [5.74, 6) is -2.25. The van der Waals surface area contributed by atoms with Gasteiger partial charge in [0, 0.05) is 10.6 Å². The van der Waals surface area contributed by atoms with Crippen LogP contribution in [-0.4, -0.2) is 42.0 Å². The number of ketones is 1. The van der Waals surface area contributed by atoms with Crippen molar-refractivity contribution in [3.05, 3.63) is 80.8 Å². The highest BCUT2D eigenvalue weighted by atomic mass is 35.5. The molecule has 1 N–H and O–H groups in total. The van der Waals surface area contributed by atoms with Crippen LogP contribution in [0.3, 0.4) is 0 Å². The van der Waals surface area contributed by atoms with Gasteiger partial charge in [-0.15, -0.1) is 0 Å². The molecule has 4 rings (SSSR count). The zero-order valence-corrected chi connectivity index (χ0v) is 19.9. The summed E-state index contributed by atoms with van der Waals surface area (Å²) in [6, 6.07) is 12.1. The van der Waals surface area contributed by atoms with E-state index in [0.717, 1.165) is 11.3 Å². The van der Waals surface area contributed by atoms with E-state index in [1.807, 2.05) is 0 Å². The largest absolute Gasteiger partial charge is 0.507 e. The maximum atomic E-state index is 13.2. The van der Waals surface area contributed by atoms with Crippen molar-refractivity contribution in [2.75, 3.05) is 19.1 Å². The lowest BCUT2D eigenvalue weighted by molar-refractivity contribution is -0.132. The molecule has 1 saturated heterocycles. The summed E-state index contributed by atoms with van der Waals surface area (Å²) in [4.78, 5) is 44.3. The highest BCUT2D eigenvalue weighted by Crippen LogP contribution is 2.44. The summed E-state index contributed by atoms with van der Waals surface area (Å²) in [6.45, 7) is 1.61. The number of ether oxygens (including phenoxy) is 2. The molecule has 1 atom stereocenters. The minimum atomic E-state index is -1.00. The van der Waals surface area contributed by atoms with Crippen LogP contribution in [0.15, 0.2) is 54.1 Å². The molecule has 2 aromatic carbocycles. The number of aromatic nitrogens is 1. The second-order valence-corrected chi connectivity index (χ2v) is 8.77. The average molecular weight is 499 g/mol. The fourth-order valence-corrected chi connectivity index (χ4v) is 4.82. The molecule has 1 aromatic heterocycles. The van der Waals surface area contributed by atoms with E-state index in [9.17, 15) is 19.5 Å². The molecule has 1 aliphatic rings. The van der Waals surface area contributed by atoms with Crippen LogP contribution in [-0.2, 0) is 14.3 Å². The molecule has 3 aromatic rings. The minimum absolute atomic E-state index is 0.118. The van der Waals surface area contributed by atoms with E-state index in [1.54, 1.807) is 55.5 Å². The zero-order valence-electron chi connectivity index (χ0n) is 18.4. The maximum Gasteiger partial charge on any atom is 0.350 e. The van der Waals surface area contributed by atoms with E-state index in [0.29, 0.717) is 27.6 Å². The molecular formula is C24H19ClN2O6S. The van der Waals surface area contributed by atoms with Gasteiger partial charge < -0.3 is 14.6 Å². The summed E-state index contributed by atoms with van der Waals surface area (Å²) in [6.07, 6.45) is 0. The lowest BCUT2D eigenvalue weighted by Gasteiger charge is -2.23. The number of hydrogen-bond acceptors (Lipinski definition) is 8. The van der Waals surface area contributed by atoms with Gasteiger partial charge in [-0.3, -0.25) is 14.5 Å². The van der Waals surface area contributed by atoms with Gasteiger partial charge in [0.15, 0.2) is 5.13 Å². The smallest absolute Gasteiger partial charge is 0.350 e. The van der Waals surface area contributed by atoms with Gasteiger partial charge in [-0.05, 0) is 36.8 Å². The van der Waals surface area contributed by atoms with Crippen LogP contribution in [0.4, 0.5) is 5.13 Å². The number of halogens is 1. The third-order valence-corrected chi connectivity index (χ3v) is 6.72. The number of carbonyl (C=O) groups is 3. The lowest BCUT2D eigenvalue weighted by Crippen LogP contribution is -2.29. The first-order valence-electron chi connectivity index (χ1n) is 10.0. The van der Waals surface area contributed by atoms with Crippen molar-refractivity contribution in [2.45, 2.75) is 13.0 Å². The van der Waals surface area contributed by atoms with Gasteiger partial charge in [0.05, 0.1) is 31.5 Å². The SMILES string of the molecule is COC(=O)c1sc(N2C(=O)C(=O)C(=C(O)c3cccc(OC)c3)C2c2ccc(Cl)cc2)nc1C. The summed E-state index contributed by atoms with van der Waals surface area (Å²) in [5.41, 5.74) is 1.08. The Morgan fingerprint density at radius 1 is 1.15 bits per heavy atom. The average Bonchev–Trinajstić information content (AvgIpc) is 3.35. The van der Waals surface area contributed by atoms with Crippen molar-refractivity contribution in [1.29, 1.82) is 0 Å². The number of amides is 1. The Labute approximate surface area is 204 Å². The Morgan fingerprint density at radius 2 is 1.85 bits per heavy atom. The zero-order chi connectivity index (χ0) is 24.6. The first-order chi connectivity index (χ1) is 16.3. The van der Waals surface area contributed by atoms with Crippen LogP contribution in [0.2, 0.25) is 5.02 Å². The molecule has 34 heavy (non-hydrogen) atoms. The number of carbonyl (C=O) groups excluding carboxylic acids is 3. The van der Waals surface area contributed by atoms with Crippen molar-refractivity contribution in [2.24, 2.45) is 0 Å². The number of aliphatic hydroxyl groups is 1. The Hall–Kier alpha value is -3.69. The van der Waals surface area contributed by atoms with Crippen LogP contribution in [0.5, 0.6) is 5.75 Å². The summed E-state index contributed by atoms with van der Waals surface area (Å²) in [5, 5.41) is 11.8. The molecule has 0 bridgehead atoms. The number of rotatable bonds is 5. The number of thiazole rings is 1. The Morgan fingerprint density at radius 3 is 2.50 bits per heavy atom. The number of aryl methyl sites for hydroxylation is 1. The first-order valence-corrected chi connectivity index (χ1v) is 11.2. The number of esters is 1. The maximum absolute atomic E-state index is 13.2. The Kier molecular flexibility index (Phi) is 6.41. The predicted octanol–water partition coefficient (Wildman–Crippen LogP) is 4.53. The molecule has 1 unspecified atom stereocenters. The van der Waals surface area contributed by atoms with Gasteiger partial charge >= 0.3 is 11.9 Å². The van der Waals surface area contributed by atoms with E-state index >= 15 is 0 Å². The number of anilines is 1. The molecule has 0 spiro atoms. The van der Waals surface area contributed by atoms with Crippen LogP contribution < -0.4 is 9.64 Å². The standard InChI is InChI=1S/C24H19ClN2O6S/c1-12-21(23(31)33-3)34-24(26-12)27-18(13-7-9-15(25)10-8-13)17(20(29)22(27)30)19(28)14-5-4-6-16(11-14)32-2/h4-11,18,28H,1-3H3. The van der Waals surface area contributed by atoms with Crippen molar-refractivity contribution in [3.8, 4) is 5.75 Å². The quantitative estimate of drug-likeness (QED) is 0.238. The third-order valence-electron chi connectivity index (χ3n) is 5.34. The van der Waals surface area contributed by atoms with Crippen molar-refractivity contribution >= 4 is 51.5 Å². The molecule has 8 nitrogen and oxygen atoms in total. The number of Topliss-reactive ketones (excluding diaryl/α,β-unsaturated/α-hetero) is 1. The molecule has 1 aliphatic heterocycles. The second kappa shape index (κ2) is 9.28. The van der Waals surface area contributed by atoms with Gasteiger partial charge in [0.1, 0.15) is 16.4 Å². The van der Waals surface area contributed by atoms with Crippen LogP contribution in [0.1, 0.15) is 32.5 Å². The van der Waals surface area contributed by atoms with E-state index in [1.165, 1.54) is 19.1 Å². The molecule has 0 saturated carbocycles. The van der Waals surface area contributed by atoms with Gasteiger partial charge in [0.2, 0.25) is 0 Å². The van der Waals surface area contributed by atoms with Crippen LogP contribution in [0.25, 0.3) is 5.76 Å². The highest BCUT2D eigenvalue weighted by Gasteiger charge is 2.48. The molecule has 0 aliphatic carbocycles. The molecule has 2 heterocycles. The van der Waals surface area contributed by atoms with E-state index in [-0.39, 0.29) is 21.3 Å². The summed E-state index contributed by atoms with van der Waals surface area (Å²) < 4.78 is 10.0. The van der Waals surface area contributed by atoms with E-state index < -0.39 is 23.7 Å². The van der Waals surface area contributed by atoms with Crippen LogP contribution >= 0.6 is 22.9 Å². The van der Waals surface area contributed by atoms with Crippen molar-refractivity contribution in [3.63, 3.8) is 0 Å². The fraction of sp³-hybridized carbons (Fsp3) is 0.167. The molecule has 0 radical (unpaired) electrons. The molecule has 1 amide bonds. The highest BCUT2D eigenvalue weighted by molar-refractivity contribution is 7.17. The predicted molar refractivity (Wildman–Crippen MR) is 127 cm³/mol. The number of benzene rings is 2. The number of methoxy groups -OCH3 is 2. The van der Waals surface area contributed by atoms with Crippen molar-refractivity contribution < 1.29 is 29.0 Å². The normalized spacial score (nSPS) is 17.2. The number of nitrogens with zero attached hydrogens (tertiary/aromatic N) is 2. The minimum Gasteiger partial charge on any atom is -0.507 e. The third kappa shape index (κ3) is 4.04. The molecule has 1 fully saturated rings. The molecular weight excluding hydrogens is 480 g/mol. The number of hydrogen-bond donors (Lipinski definition) is 1. The number of aliphatic hydroxyl groups excluding tert-OH is 1. The van der Waals surface area contributed by atoms with Crippen LogP contribution in [0, 0.1) is 6.92 Å². The first kappa shape index (κ1) is 23.5. The summed E-state index contributed by atoms with van der Waals surface area (Å²) >= 11 is 6.98. The monoisotopic (exact) mass is 498 g/mol. The molecule has 10 heteroatoms. The van der Waals surface area contributed by atoms with Gasteiger partial charge in [0.25, 0.3) is 5.78 Å². The van der Waals surface area contributed by atoms with E-state index in [4.69, 9.17) is 21.1 Å². The molecule has 174 valence electrons. The van der Waals surface area contributed by atoms with Gasteiger partial charge in [-0.1, -0.05) is 47.2 Å². The Bertz CT molecular complexity index is 1330. The van der Waals surface area contributed by atoms with Crippen molar-refractivity contribution in [1.82, 2.24) is 4.98 Å². The fourth-order valence-electron chi connectivity index (χ4n) is 3.68. The van der Waals surface area contributed by atoms with E-state index in [2.05, 4.69) is 4.98 Å². The van der Waals surface area contributed by atoms with Gasteiger partial charge in [-0.25, -0.2) is 9.78 Å². The summed E-state index contributed by atoms with van der Waals surface area (Å²) in [7, 11) is 2.73. The topological polar surface area (TPSA) is 106 Å². The Balaban J connectivity index is 1.93. The lowest BCUT2D eigenvalue weighted by atomic mass is 9.95. The van der Waals surface area contributed by atoms with Gasteiger partial charge in [-0.2, -0.15) is 0 Å².